The van der Waals surface area contributed by atoms with E-state index in [2.05, 4.69) is 5.32 Å². The van der Waals surface area contributed by atoms with Crippen LogP contribution in [0.3, 0.4) is 0 Å². The summed E-state index contributed by atoms with van der Waals surface area (Å²) >= 11 is 0. The molecule has 0 aromatic heterocycles. The average molecular weight is 256 g/mol. The van der Waals surface area contributed by atoms with E-state index in [1.54, 1.807) is 0 Å². The molecule has 5 heteroatoms. The summed E-state index contributed by atoms with van der Waals surface area (Å²) in [5, 5.41) is 11.8. The van der Waals surface area contributed by atoms with E-state index in [1.807, 2.05) is 6.92 Å². The number of nitrogens with two attached hydrogens (primary N) is 1. The molecule has 104 valence electrons. The smallest absolute Gasteiger partial charge is 0.303 e. The van der Waals surface area contributed by atoms with Crippen LogP contribution in [0.15, 0.2) is 0 Å². The van der Waals surface area contributed by atoms with Crippen LogP contribution in [0.25, 0.3) is 0 Å². The Hall–Kier alpha value is -1.10. The number of amides is 1. The monoisotopic (exact) mass is 256 g/mol. The molecule has 0 aromatic rings. The van der Waals surface area contributed by atoms with Crippen molar-refractivity contribution in [3.8, 4) is 0 Å². The molecule has 0 saturated heterocycles. The minimum atomic E-state index is -0.786. The van der Waals surface area contributed by atoms with Crippen molar-refractivity contribution in [1.82, 2.24) is 5.32 Å². The van der Waals surface area contributed by atoms with Gasteiger partial charge in [-0.3, -0.25) is 9.59 Å². The van der Waals surface area contributed by atoms with Crippen LogP contribution in [0, 0.1) is 5.41 Å². The van der Waals surface area contributed by atoms with Crippen molar-refractivity contribution in [1.29, 1.82) is 0 Å². The normalized spacial score (nSPS) is 20.1. The zero-order chi connectivity index (χ0) is 13.6. The summed E-state index contributed by atoms with van der Waals surface area (Å²) in [4.78, 5) is 22.6. The number of hydrogen-bond acceptors (Lipinski definition) is 3. The zero-order valence-electron chi connectivity index (χ0n) is 11.1. The van der Waals surface area contributed by atoms with Crippen LogP contribution in [0.5, 0.6) is 0 Å². The van der Waals surface area contributed by atoms with Gasteiger partial charge in [0.15, 0.2) is 0 Å². The molecular weight excluding hydrogens is 232 g/mol. The number of carbonyl (C=O) groups excluding carboxylic acids is 1. The molecule has 0 spiro atoms. The molecule has 1 amide bonds. The lowest BCUT2D eigenvalue weighted by Crippen LogP contribution is -2.46. The van der Waals surface area contributed by atoms with Crippen molar-refractivity contribution in [2.75, 3.05) is 6.54 Å². The highest BCUT2D eigenvalue weighted by molar-refractivity contribution is 5.81. The lowest BCUT2D eigenvalue weighted by molar-refractivity contribution is -0.140. The minimum Gasteiger partial charge on any atom is -0.481 e. The van der Waals surface area contributed by atoms with Crippen LogP contribution in [0.1, 0.15) is 51.9 Å². The van der Waals surface area contributed by atoms with Gasteiger partial charge in [0.2, 0.25) is 5.91 Å². The third-order valence-electron chi connectivity index (χ3n) is 3.85. The Morgan fingerprint density at radius 1 is 1.33 bits per heavy atom. The molecule has 0 aromatic carbocycles. The molecule has 1 aliphatic rings. The Kier molecular flexibility index (Phi) is 5.59. The van der Waals surface area contributed by atoms with E-state index in [-0.39, 0.29) is 17.7 Å². The van der Waals surface area contributed by atoms with Gasteiger partial charge in [0.25, 0.3) is 0 Å². The highest BCUT2D eigenvalue weighted by atomic mass is 16.4. The number of carboxylic acid groups (broad SMARTS) is 1. The molecule has 1 rings (SSSR count). The van der Waals surface area contributed by atoms with Crippen LogP contribution < -0.4 is 11.1 Å². The van der Waals surface area contributed by atoms with Crippen molar-refractivity contribution in [2.24, 2.45) is 11.1 Å². The largest absolute Gasteiger partial charge is 0.481 e. The molecule has 1 atom stereocenters. The van der Waals surface area contributed by atoms with Crippen molar-refractivity contribution >= 4 is 11.9 Å². The lowest BCUT2D eigenvalue weighted by Gasteiger charge is -2.36. The van der Waals surface area contributed by atoms with Crippen molar-refractivity contribution in [2.45, 2.75) is 57.9 Å². The van der Waals surface area contributed by atoms with E-state index < -0.39 is 12.0 Å². The average Bonchev–Trinajstić information content (AvgIpc) is 2.35. The van der Waals surface area contributed by atoms with Gasteiger partial charge in [0, 0.05) is 6.54 Å². The minimum absolute atomic E-state index is 0.134. The first-order valence-electron chi connectivity index (χ1n) is 6.74. The summed E-state index contributed by atoms with van der Waals surface area (Å²) in [5.41, 5.74) is 5.38. The molecule has 0 aliphatic heterocycles. The number of carbonyl (C=O) groups is 2. The van der Waals surface area contributed by atoms with Gasteiger partial charge in [-0.15, -0.1) is 0 Å². The fourth-order valence-electron chi connectivity index (χ4n) is 2.63. The topological polar surface area (TPSA) is 92.4 Å². The predicted octanol–water partition coefficient (Wildman–Crippen LogP) is 1.27. The van der Waals surface area contributed by atoms with E-state index in [0.29, 0.717) is 13.0 Å². The quantitative estimate of drug-likeness (QED) is 0.667. The standard InChI is InChI=1S/C13H24N2O3/c1-2-10(14)12(18)15-9-13(8-11(16)17)6-4-3-5-7-13/h10H,2-9,14H2,1H3,(H,15,18)(H,16,17)/t10-/m1/s1. The molecule has 0 unspecified atom stereocenters. The van der Waals surface area contributed by atoms with Crippen LogP contribution in [0.2, 0.25) is 0 Å². The van der Waals surface area contributed by atoms with E-state index in [4.69, 9.17) is 10.8 Å². The van der Waals surface area contributed by atoms with Gasteiger partial charge >= 0.3 is 5.97 Å². The number of aliphatic carboxylic acids is 1. The Morgan fingerprint density at radius 3 is 2.44 bits per heavy atom. The van der Waals surface area contributed by atoms with Gasteiger partial charge in [-0.2, -0.15) is 0 Å². The fraction of sp³-hybridized carbons (Fsp3) is 0.846. The second-order valence-corrected chi connectivity index (χ2v) is 5.36. The van der Waals surface area contributed by atoms with Gasteiger partial charge < -0.3 is 16.2 Å². The van der Waals surface area contributed by atoms with Crippen LogP contribution in [-0.4, -0.2) is 29.6 Å². The Balaban J connectivity index is 2.56. The van der Waals surface area contributed by atoms with Gasteiger partial charge in [0.05, 0.1) is 12.5 Å². The Morgan fingerprint density at radius 2 is 1.94 bits per heavy atom. The molecule has 0 bridgehead atoms. The highest BCUT2D eigenvalue weighted by Crippen LogP contribution is 2.38. The molecule has 4 N–H and O–H groups in total. The summed E-state index contributed by atoms with van der Waals surface area (Å²) in [6.45, 7) is 2.30. The summed E-state index contributed by atoms with van der Waals surface area (Å²) in [5.74, 6) is -0.959. The molecule has 0 radical (unpaired) electrons. The van der Waals surface area contributed by atoms with Gasteiger partial charge in [-0.25, -0.2) is 0 Å². The third kappa shape index (κ3) is 4.29. The molecule has 1 aliphatic carbocycles. The molecule has 18 heavy (non-hydrogen) atoms. The van der Waals surface area contributed by atoms with Gasteiger partial charge in [-0.1, -0.05) is 26.2 Å². The summed E-state index contributed by atoms with van der Waals surface area (Å²) < 4.78 is 0. The SMILES string of the molecule is CC[C@@H](N)C(=O)NCC1(CC(=O)O)CCCCC1. The van der Waals surface area contributed by atoms with E-state index >= 15 is 0 Å². The van der Waals surface area contributed by atoms with E-state index in [1.165, 1.54) is 0 Å². The first-order chi connectivity index (χ1) is 8.49. The first kappa shape index (κ1) is 15.0. The zero-order valence-corrected chi connectivity index (χ0v) is 11.1. The third-order valence-corrected chi connectivity index (χ3v) is 3.85. The van der Waals surface area contributed by atoms with E-state index in [9.17, 15) is 9.59 Å². The van der Waals surface area contributed by atoms with Crippen molar-refractivity contribution in [3.05, 3.63) is 0 Å². The fourth-order valence-corrected chi connectivity index (χ4v) is 2.63. The number of hydrogen-bond donors (Lipinski definition) is 3. The van der Waals surface area contributed by atoms with Crippen LogP contribution in [-0.2, 0) is 9.59 Å². The second kappa shape index (κ2) is 6.73. The lowest BCUT2D eigenvalue weighted by atomic mass is 9.71. The highest BCUT2D eigenvalue weighted by Gasteiger charge is 2.34. The maximum absolute atomic E-state index is 11.7. The molecule has 1 saturated carbocycles. The first-order valence-corrected chi connectivity index (χ1v) is 6.74. The Labute approximate surface area is 108 Å². The van der Waals surface area contributed by atoms with Gasteiger partial charge in [-0.05, 0) is 24.7 Å². The molecular formula is C13H24N2O3. The summed E-state index contributed by atoms with van der Waals surface area (Å²) in [6.07, 6.45) is 5.73. The summed E-state index contributed by atoms with van der Waals surface area (Å²) in [6, 6.07) is -0.490. The van der Waals surface area contributed by atoms with Crippen molar-refractivity contribution in [3.63, 3.8) is 0 Å². The summed E-state index contributed by atoms with van der Waals surface area (Å²) in [7, 11) is 0. The molecule has 1 fully saturated rings. The van der Waals surface area contributed by atoms with E-state index in [0.717, 1.165) is 32.1 Å². The molecule has 0 heterocycles. The maximum Gasteiger partial charge on any atom is 0.303 e. The Bertz CT molecular complexity index is 299. The van der Waals surface area contributed by atoms with Crippen LogP contribution in [0.4, 0.5) is 0 Å². The second-order valence-electron chi connectivity index (χ2n) is 5.36. The maximum atomic E-state index is 11.7. The van der Waals surface area contributed by atoms with Crippen molar-refractivity contribution < 1.29 is 14.7 Å². The number of nitrogens with one attached hydrogen (secondary N) is 1. The predicted molar refractivity (Wildman–Crippen MR) is 69.0 cm³/mol. The molecule has 5 nitrogen and oxygen atoms in total. The number of carboxylic acids is 1. The number of rotatable bonds is 6. The van der Waals surface area contributed by atoms with Crippen LogP contribution >= 0.6 is 0 Å². The van der Waals surface area contributed by atoms with Gasteiger partial charge in [0.1, 0.15) is 0 Å².